The normalized spacial score (nSPS) is 12.5. The van der Waals surface area contributed by atoms with Gasteiger partial charge >= 0.3 is 12.4 Å². The number of fused-ring (bicyclic) bond motifs is 1. The average Bonchev–Trinajstić information content (AvgIpc) is 3.20. The summed E-state index contributed by atoms with van der Waals surface area (Å²) in [4.78, 5) is 20.3. The zero-order valence-electron chi connectivity index (χ0n) is 18.1. The molecule has 184 valence electrons. The minimum atomic E-state index is -5.10. The second-order valence-corrected chi connectivity index (χ2v) is 8.37. The quantitative estimate of drug-likeness (QED) is 0.345. The highest BCUT2D eigenvalue weighted by Gasteiger charge is 2.38. The number of benzene rings is 2. The van der Waals surface area contributed by atoms with Crippen LogP contribution in [0.25, 0.3) is 10.2 Å². The summed E-state index contributed by atoms with van der Waals surface area (Å²) in [6, 6.07) is 4.88. The molecule has 1 amide bonds. The molecule has 0 aliphatic rings. The SMILES string of the molecule is CCN(CC)CCN(C(=O)c1cc(C(F)(F)F)cc(C(F)(F)F)c1)c1nc2c(F)cccc2s1. The second kappa shape index (κ2) is 9.87. The molecule has 3 rings (SSSR count). The molecular formula is C22H20F7N3OS. The molecule has 0 fully saturated rings. The fraction of sp³-hybridized carbons (Fsp3) is 0.364. The number of nitrogens with zero attached hydrogens (tertiary/aromatic N) is 3. The van der Waals surface area contributed by atoms with E-state index in [1.807, 2.05) is 18.7 Å². The van der Waals surface area contributed by atoms with Crippen LogP contribution in [0.5, 0.6) is 0 Å². The summed E-state index contributed by atoms with van der Waals surface area (Å²) >= 11 is 0.920. The van der Waals surface area contributed by atoms with E-state index in [4.69, 9.17) is 0 Å². The van der Waals surface area contributed by atoms with Gasteiger partial charge in [0.25, 0.3) is 5.91 Å². The molecular weight excluding hydrogens is 487 g/mol. The lowest BCUT2D eigenvalue weighted by atomic mass is 10.0. The molecule has 0 spiro atoms. The van der Waals surface area contributed by atoms with Crippen LogP contribution in [0.1, 0.15) is 35.3 Å². The molecule has 0 saturated heterocycles. The van der Waals surface area contributed by atoms with Gasteiger partial charge in [-0.1, -0.05) is 31.3 Å². The maximum Gasteiger partial charge on any atom is 0.416 e. The molecule has 0 unspecified atom stereocenters. The number of hydrogen-bond donors (Lipinski definition) is 0. The number of hydrogen-bond acceptors (Lipinski definition) is 4. The Bertz CT molecular complexity index is 1140. The van der Waals surface area contributed by atoms with E-state index in [1.165, 1.54) is 6.07 Å². The molecule has 0 bridgehead atoms. The fourth-order valence-corrected chi connectivity index (χ4v) is 4.32. The van der Waals surface area contributed by atoms with E-state index in [0.29, 0.717) is 29.9 Å². The Balaban J connectivity index is 2.11. The number of alkyl halides is 6. The van der Waals surface area contributed by atoms with Gasteiger partial charge in [0.05, 0.1) is 15.8 Å². The highest BCUT2D eigenvalue weighted by molar-refractivity contribution is 7.22. The van der Waals surface area contributed by atoms with Gasteiger partial charge in [-0.15, -0.1) is 0 Å². The number of carbonyl (C=O) groups excluding carboxylic acids is 1. The van der Waals surface area contributed by atoms with E-state index < -0.39 is 40.8 Å². The number of anilines is 1. The number of thiazole rings is 1. The Morgan fingerprint density at radius 3 is 2.03 bits per heavy atom. The van der Waals surface area contributed by atoms with Gasteiger partial charge in [0.15, 0.2) is 5.13 Å². The van der Waals surface area contributed by atoms with Crippen molar-refractivity contribution in [2.45, 2.75) is 26.2 Å². The van der Waals surface area contributed by atoms with Crippen LogP contribution in [-0.4, -0.2) is 42.0 Å². The highest BCUT2D eigenvalue weighted by atomic mass is 32.1. The Labute approximate surface area is 194 Å². The summed E-state index contributed by atoms with van der Waals surface area (Å²) in [5.74, 6) is -1.75. The van der Waals surface area contributed by atoms with Crippen molar-refractivity contribution in [2.24, 2.45) is 0 Å². The predicted molar refractivity (Wildman–Crippen MR) is 115 cm³/mol. The van der Waals surface area contributed by atoms with Gasteiger partial charge in [0.2, 0.25) is 0 Å². The largest absolute Gasteiger partial charge is 0.416 e. The number of carbonyl (C=O) groups is 1. The van der Waals surface area contributed by atoms with E-state index in [2.05, 4.69) is 4.98 Å². The predicted octanol–water partition coefficient (Wildman–Crippen LogP) is 6.46. The first-order valence-corrected chi connectivity index (χ1v) is 11.1. The van der Waals surface area contributed by atoms with Crippen molar-refractivity contribution < 1.29 is 35.5 Å². The molecule has 3 aromatic rings. The molecule has 4 nitrogen and oxygen atoms in total. The van der Waals surface area contributed by atoms with Crippen LogP contribution in [0.3, 0.4) is 0 Å². The number of para-hydroxylation sites is 1. The van der Waals surface area contributed by atoms with Gasteiger partial charge < -0.3 is 4.90 Å². The molecule has 0 aliphatic heterocycles. The lowest BCUT2D eigenvalue weighted by Gasteiger charge is -2.25. The Hall–Kier alpha value is -2.73. The van der Waals surface area contributed by atoms with E-state index in [-0.39, 0.29) is 29.8 Å². The number of amides is 1. The van der Waals surface area contributed by atoms with E-state index in [1.54, 1.807) is 6.07 Å². The van der Waals surface area contributed by atoms with Gasteiger partial charge in [-0.25, -0.2) is 9.37 Å². The minimum absolute atomic E-state index is 0.0248. The van der Waals surface area contributed by atoms with Crippen LogP contribution >= 0.6 is 11.3 Å². The fourth-order valence-electron chi connectivity index (χ4n) is 3.32. The number of aromatic nitrogens is 1. The smallest absolute Gasteiger partial charge is 0.302 e. The zero-order chi connectivity index (χ0) is 25.3. The van der Waals surface area contributed by atoms with Crippen molar-refractivity contribution in [1.29, 1.82) is 0 Å². The van der Waals surface area contributed by atoms with E-state index in [0.717, 1.165) is 22.3 Å². The Morgan fingerprint density at radius 1 is 0.941 bits per heavy atom. The monoisotopic (exact) mass is 507 g/mol. The summed E-state index contributed by atoms with van der Waals surface area (Å²) < 4.78 is 94.4. The molecule has 0 atom stereocenters. The lowest BCUT2D eigenvalue weighted by molar-refractivity contribution is -0.143. The number of likely N-dealkylation sites (N-methyl/N-ethyl adjacent to an activating group) is 1. The van der Waals surface area contributed by atoms with Crippen LogP contribution in [-0.2, 0) is 12.4 Å². The molecule has 0 aliphatic carbocycles. The van der Waals surface area contributed by atoms with Crippen molar-refractivity contribution in [1.82, 2.24) is 9.88 Å². The van der Waals surface area contributed by atoms with Crippen LogP contribution < -0.4 is 4.90 Å². The Morgan fingerprint density at radius 2 is 1.53 bits per heavy atom. The second-order valence-electron chi connectivity index (χ2n) is 7.36. The van der Waals surface area contributed by atoms with Gasteiger partial charge in [0.1, 0.15) is 11.3 Å². The van der Waals surface area contributed by atoms with Crippen molar-refractivity contribution in [3.05, 3.63) is 58.9 Å². The van der Waals surface area contributed by atoms with Crippen LogP contribution in [0.4, 0.5) is 35.9 Å². The number of rotatable bonds is 7. The Kier molecular flexibility index (Phi) is 7.51. The molecule has 2 aromatic carbocycles. The van der Waals surface area contributed by atoms with Crippen molar-refractivity contribution in [2.75, 3.05) is 31.1 Å². The molecule has 0 saturated carbocycles. The van der Waals surface area contributed by atoms with Crippen molar-refractivity contribution in [3.63, 3.8) is 0 Å². The zero-order valence-corrected chi connectivity index (χ0v) is 18.9. The van der Waals surface area contributed by atoms with Crippen molar-refractivity contribution in [3.8, 4) is 0 Å². The van der Waals surface area contributed by atoms with Crippen LogP contribution in [0.2, 0.25) is 0 Å². The van der Waals surface area contributed by atoms with Gasteiger partial charge in [0, 0.05) is 18.7 Å². The lowest BCUT2D eigenvalue weighted by Crippen LogP contribution is -2.39. The first-order chi connectivity index (χ1) is 15.8. The summed E-state index contributed by atoms with van der Waals surface area (Å²) in [6.45, 7) is 5.15. The van der Waals surface area contributed by atoms with Gasteiger partial charge in [-0.05, 0) is 43.4 Å². The third-order valence-electron chi connectivity index (χ3n) is 5.20. The molecule has 12 heteroatoms. The topological polar surface area (TPSA) is 36.4 Å². The molecule has 1 aromatic heterocycles. The summed E-state index contributed by atoms with van der Waals surface area (Å²) in [5.41, 5.74) is -4.01. The molecule has 0 N–H and O–H groups in total. The maximum absolute atomic E-state index is 14.2. The van der Waals surface area contributed by atoms with Gasteiger partial charge in [-0.2, -0.15) is 26.3 Å². The maximum atomic E-state index is 14.2. The first-order valence-electron chi connectivity index (χ1n) is 10.2. The van der Waals surface area contributed by atoms with E-state index in [9.17, 15) is 35.5 Å². The third kappa shape index (κ3) is 5.66. The summed E-state index contributed by atoms with van der Waals surface area (Å²) in [5, 5.41) is -0.0248. The van der Waals surface area contributed by atoms with Crippen molar-refractivity contribution >= 4 is 32.6 Å². The van der Waals surface area contributed by atoms with E-state index >= 15 is 0 Å². The molecule has 0 radical (unpaired) electrons. The van der Waals surface area contributed by atoms with Crippen LogP contribution in [0.15, 0.2) is 36.4 Å². The van der Waals surface area contributed by atoms with Gasteiger partial charge in [-0.3, -0.25) is 9.69 Å². The summed E-state index contributed by atoms with van der Waals surface area (Å²) in [6.07, 6.45) is -10.2. The molecule has 1 heterocycles. The number of halogens is 7. The molecule has 34 heavy (non-hydrogen) atoms. The highest BCUT2D eigenvalue weighted by Crippen LogP contribution is 2.37. The van der Waals surface area contributed by atoms with Crippen LogP contribution in [0, 0.1) is 5.82 Å². The standard InChI is InChI=1S/C22H20F7N3OS/c1-3-31(4-2)8-9-32(20-30-18-16(23)6-5-7-17(18)34-20)19(33)13-10-14(21(24,25)26)12-15(11-13)22(27,28)29/h5-7,10-12H,3-4,8-9H2,1-2H3. The minimum Gasteiger partial charge on any atom is -0.302 e. The first kappa shape index (κ1) is 25.9. The summed E-state index contributed by atoms with van der Waals surface area (Å²) in [7, 11) is 0. The average molecular weight is 507 g/mol. The third-order valence-corrected chi connectivity index (χ3v) is 6.25.